The topological polar surface area (TPSA) is 30.0 Å². The Kier molecular flexibility index (Phi) is 4.09. The number of hydrogen-bond acceptors (Lipinski definition) is 2. The number of benzene rings is 1. The molecule has 0 amide bonds. The van der Waals surface area contributed by atoms with Gasteiger partial charge < -0.3 is 0 Å². The van der Waals surface area contributed by atoms with E-state index >= 15 is 0 Å². The van der Waals surface area contributed by atoms with Crippen LogP contribution in [0.3, 0.4) is 0 Å². The van der Waals surface area contributed by atoms with Gasteiger partial charge in [-0.15, -0.1) is 0 Å². The fourth-order valence-electron chi connectivity index (χ4n) is 1.79. The van der Waals surface area contributed by atoms with E-state index in [1.165, 1.54) is 0 Å². The molecule has 0 atom stereocenters. The van der Waals surface area contributed by atoms with E-state index in [-0.39, 0.29) is 6.42 Å². The number of Topliss-reactive ketones (excluding diaryl/α,β-unsaturated/α-hetero) is 1. The second-order valence-corrected chi connectivity index (χ2v) is 4.59. The third kappa shape index (κ3) is 3.36. The molecule has 1 aromatic carbocycles. The summed E-state index contributed by atoms with van der Waals surface area (Å²) in [5.74, 6) is -0.646. The molecule has 6 heteroatoms. The Morgan fingerprint density at radius 3 is 2.65 bits per heavy atom. The molecule has 20 heavy (non-hydrogen) atoms. The molecule has 0 aliphatic heterocycles. The largest absolute Gasteiger partial charge is 0.417 e. The quantitative estimate of drug-likeness (QED) is 0.796. The van der Waals surface area contributed by atoms with Crippen molar-refractivity contribution in [3.63, 3.8) is 0 Å². The van der Waals surface area contributed by atoms with Crippen molar-refractivity contribution >= 4 is 17.4 Å². The first-order valence-corrected chi connectivity index (χ1v) is 6.04. The van der Waals surface area contributed by atoms with Crippen LogP contribution in [0, 0.1) is 0 Å². The highest BCUT2D eigenvalue weighted by atomic mass is 35.5. The summed E-state index contributed by atoms with van der Waals surface area (Å²) in [6.07, 6.45) is -2.79. The summed E-state index contributed by atoms with van der Waals surface area (Å²) in [6.45, 7) is 0. The summed E-state index contributed by atoms with van der Waals surface area (Å²) < 4.78 is 38.4. The lowest BCUT2D eigenvalue weighted by molar-refractivity contribution is -0.138. The van der Waals surface area contributed by atoms with Crippen LogP contribution in [0.25, 0.3) is 0 Å². The van der Waals surface area contributed by atoms with E-state index in [2.05, 4.69) is 4.98 Å². The molecule has 0 saturated heterocycles. The summed E-state index contributed by atoms with van der Waals surface area (Å²) in [5, 5.41) is 0.428. The normalized spacial score (nSPS) is 11.4. The summed E-state index contributed by atoms with van der Waals surface area (Å²) >= 11 is 5.77. The molecule has 1 aromatic heterocycles. The van der Waals surface area contributed by atoms with Gasteiger partial charge in [-0.05, 0) is 23.8 Å². The number of ketones is 1. The molecule has 1 heterocycles. The third-order valence-electron chi connectivity index (χ3n) is 2.68. The van der Waals surface area contributed by atoms with Crippen molar-refractivity contribution in [3.05, 3.63) is 64.4 Å². The van der Waals surface area contributed by atoms with Crippen molar-refractivity contribution in [1.82, 2.24) is 4.98 Å². The summed E-state index contributed by atoms with van der Waals surface area (Å²) in [4.78, 5) is 15.6. The summed E-state index contributed by atoms with van der Waals surface area (Å²) in [6, 6.07) is 7.24. The number of alkyl halides is 3. The zero-order chi connectivity index (χ0) is 14.8. The van der Waals surface area contributed by atoms with Gasteiger partial charge >= 0.3 is 6.18 Å². The fourth-order valence-corrected chi connectivity index (χ4v) is 2.00. The molecule has 0 unspecified atom stereocenters. The summed E-state index contributed by atoms with van der Waals surface area (Å²) in [7, 11) is 0. The zero-order valence-corrected chi connectivity index (χ0v) is 10.9. The monoisotopic (exact) mass is 299 g/mol. The molecule has 0 saturated carbocycles. The fraction of sp³-hybridized carbons (Fsp3) is 0.143. The van der Waals surface area contributed by atoms with E-state index in [0.29, 0.717) is 10.6 Å². The van der Waals surface area contributed by atoms with Crippen molar-refractivity contribution in [3.8, 4) is 0 Å². The van der Waals surface area contributed by atoms with Crippen LogP contribution in [0.5, 0.6) is 0 Å². The highest BCUT2D eigenvalue weighted by molar-refractivity contribution is 6.30. The third-order valence-corrected chi connectivity index (χ3v) is 2.92. The van der Waals surface area contributed by atoms with Crippen molar-refractivity contribution in [1.29, 1.82) is 0 Å². The Balaban J connectivity index is 2.31. The number of pyridine rings is 1. The molecule has 104 valence electrons. The number of rotatable bonds is 3. The van der Waals surface area contributed by atoms with E-state index in [1.807, 2.05) is 0 Å². The molecule has 2 nitrogen and oxygen atoms in total. The van der Waals surface area contributed by atoms with E-state index in [4.69, 9.17) is 11.6 Å². The molecule has 0 fully saturated rings. The van der Waals surface area contributed by atoms with E-state index in [1.54, 1.807) is 24.3 Å². The first kappa shape index (κ1) is 14.5. The second kappa shape index (κ2) is 5.63. The first-order chi connectivity index (χ1) is 9.38. The van der Waals surface area contributed by atoms with Gasteiger partial charge in [-0.25, -0.2) is 0 Å². The van der Waals surface area contributed by atoms with Gasteiger partial charge in [-0.3, -0.25) is 9.78 Å². The standard InChI is InChI=1S/C14H9ClF3NO/c15-10-3-1-2-9(6-10)7-13(20)11-8-19-5-4-12(11)14(16,17)18/h1-6,8H,7H2. The van der Waals surface area contributed by atoms with Crippen LogP contribution >= 0.6 is 11.6 Å². The minimum absolute atomic E-state index is 0.157. The molecule has 0 N–H and O–H groups in total. The SMILES string of the molecule is O=C(Cc1cccc(Cl)c1)c1cnccc1C(F)(F)F. The van der Waals surface area contributed by atoms with Gasteiger partial charge in [0.15, 0.2) is 5.78 Å². The lowest BCUT2D eigenvalue weighted by atomic mass is 10.0. The van der Waals surface area contributed by atoms with Crippen LogP contribution in [0.1, 0.15) is 21.5 Å². The van der Waals surface area contributed by atoms with Gasteiger partial charge in [0.05, 0.1) is 5.56 Å². The highest BCUT2D eigenvalue weighted by Crippen LogP contribution is 2.32. The van der Waals surface area contributed by atoms with Gasteiger partial charge in [-0.1, -0.05) is 23.7 Å². The number of halogens is 4. The van der Waals surface area contributed by atoms with Crippen LogP contribution in [0.2, 0.25) is 5.02 Å². The predicted octanol–water partition coefficient (Wildman–Crippen LogP) is 4.18. The van der Waals surface area contributed by atoms with Crippen LogP contribution < -0.4 is 0 Å². The molecule has 0 aliphatic carbocycles. The van der Waals surface area contributed by atoms with Crippen LogP contribution in [0.4, 0.5) is 13.2 Å². The lowest BCUT2D eigenvalue weighted by Crippen LogP contribution is -2.15. The Labute approximate surface area is 118 Å². The minimum Gasteiger partial charge on any atom is -0.294 e. The number of nitrogens with zero attached hydrogens (tertiary/aromatic N) is 1. The Bertz CT molecular complexity index is 640. The van der Waals surface area contributed by atoms with Crippen molar-refractivity contribution in [2.75, 3.05) is 0 Å². The van der Waals surface area contributed by atoms with Crippen molar-refractivity contribution < 1.29 is 18.0 Å². The maximum absolute atomic E-state index is 12.8. The van der Waals surface area contributed by atoms with Crippen LogP contribution in [0.15, 0.2) is 42.7 Å². The average molecular weight is 300 g/mol. The Morgan fingerprint density at radius 1 is 1.25 bits per heavy atom. The van der Waals surface area contributed by atoms with E-state index in [9.17, 15) is 18.0 Å². The number of hydrogen-bond donors (Lipinski definition) is 0. The Morgan fingerprint density at radius 2 is 2.00 bits per heavy atom. The van der Waals surface area contributed by atoms with Crippen LogP contribution in [-0.4, -0.2) is 10.8 Å². The number of carbonyl (C=O) groups excluding carboxylic acids is 1. The van der Waals surface area contributed by atoms with Gasteiger partial charge in [0, 0.05) is 29.4 Å². The van der Waals surface area contributed by atoms with E-state index in [0.717, 1.165) is 18.5 Å². The van der Waals surface area contributed by atoms with Crippen LogP contribution in [-0.2, 0) is 12.6 Å². The molecule has 2 aromatic rings. The predicted molar refractivity (Wildman–Crippen MR) is 68.7 cm³/mol. The van der Waals surface area contributed by atoms with Crippen molar-refractivity contribution in [2.45, 2.75) is 12.6 Å². The van der Waals surface area contributed by atoms with Gasteiger partial charge in [0.25, 0.3) is 0 Å². The highest BCUT2D eigenvalue weighted by Gasteiger charge is 2.35. The zero-order valence-electron chi connectivity index (χ0n) is 10.1. The molecule has 0 aliphatic rings. The smallest absolute Gasteiger partial charge is 0.294 e. The number of carbonyl (C=O) groups is 1. The molecule has 0 radical (unpaired) electrons. The van der Waals surface area contributed by atoms with E-state index < -0.39 is 23.1 Å². The maximum Gasteiger partial charge on any atom is 0.417 e. The maximum atomic E-state index is 12.8. The van der Waals surface area contributed by atoms with Gasteiger partial charge in [0.2, 0.25) is 0 Å². The average Bonchev–Trinajstić information content (AvgIpc) is 2.37. The molecular formula is C14H9ClF3NO. The van der Waals surface area contributed by atoms with Gasteiger partial charge in [0.1, 0.15) is 0 Å². The first-order valence-electron chi connectivity index (χ1n) is 5.67. The molecular weight excluding hydrogens is 291 g/mol. The molecule has 0 spiro atoms. The Hall–Kier alpha value is -1.88. The molecule has 2 rings (SSSR count). The molecule has 0 bridgehead atoms. The lowest BCUT2D eigenvalue weighted by Gasteiger charge is -2.11. The summed E-state index contributed by atoms with van der Waals surface area (Å²) in [5.41, 5.74) is -0.848. The van der Waals surface area contributed by atoms with Gasteiger partial charge in [-0.2, -0.15) is 13.2 Å². The number of aromatic nitrogens is 1. The minimum atomic E-state index is -4.58. The van der Waals surface area contributed by atoms with Crippen molar-refractivity contribution in [2.24, 2.45) is 0 Å². The second-order valence-electron chi connectivity index (χ2n) is 4.15.